The predicted molar refractivity (Wildman–Crippen MR) is 80.4 cm³/mol. The van der Waals surface area contributed by atoms with Crippen LogP contribution >= 0.6 is 0 Å². The summed E-state index contributed by atoms with van der Waals surface area (Å²) in [6, 6.07) is 5.99. The molecule has 1 saturated carbocycles. The minimum Gasteiger partial charge on any atom is -0.381 e. The molecular formula is C15H22FNO3S. The van der Waals surface area contributed by atoms with Crippen LogP contribution in [0.1, 0.15) is 25.3 Å². The van der Waals surface area contributed by atoms with Crippen molar-refractivity contribution in [2.75, 3.05) is 25.5 Å². The summed E-state index contributed by atoms with van der Waals surface area (Å²) >= 11 is 0. The Morgan fingerprint density at radius 1 is 1.29 bits per heavy atom. The van der Waals surface area contributed by atoms with Gasteiger partial charge in [-0.3, -0.25) is 0 Å². The van der Waals surface area contributed by atoms with Crippen LogP contribution in [0.2, 0.25) is 0 Å². The van der Waals surface area contributed by atoms with Crippen LogP contribution in [0, 0.1) is 11.2 Å². The van der Waals surface area contributed by atoms with Crippen molar-refractivity contribution in [1.29, 1.82) is 0 Å². The van der Waals surface area contributed by atoms with Crippen LogP contribution in [-0.2, 0) is 14.6 Å². The Hall–Kier alpha value is -0.980. The monoisotopic (exact) mass is 315 g/mol. The number of ether oxygens (including phenoxy) is 1. The van der Waals surface area contributed by atoms with E-state index in [4.69, 9.17) is 10.5 Å². The fourth-order valence-electron chi connectivity index (χ4n) is 3.14. The van der Waals surface area contributed by atoms with Crippen LogP contribution in [0.3, 0.4) is 0 Å². The van der Waals surface area contributed by atoms with Gasteiger partial charge in [-0.15, -0.1) is 0 Å². The Kier molecular flexibility index (Phi) is 4.70. The van der Waals surface area contributed by atoms with Crippen molar-refractivity contribution in [3.8, 4) is 0 Å². The maximum Gasteiger partial charge on any atom is 0.154 e. The van der Waals surface area contributed by atoms with Crippen LogP contribution in [-0.4, -0.2) is 39.2 Å². The first-order chi connectivity index (χ1) is 9.93. The number of sulfone groups is 1. The van der Waals surface area contributed by atoms with E-state index in [9.17, 15) is 12.8 Å². The molecule has 1 aromatic carbocycles. The SMILES string of the molecule is CCOC[C@@]1(CN)[C@@H](c2ccc(F)cc2)[C@@H]1S(=O)(=O)CC. The van der Waals surface area contributed by atoms with Crippen molar-refractivity contribution in [2.45, 2.75) is 25.0 Å². The summed E-state index contributed by atoms with van der Waals surface area (Å²) in [7, 11) is -3.24. The first kappa shape index (κ1) is 16.4. The van der Waals surface area contributed by atoms with Gasteiger partial charge in [0.15, 0.2) is 9.84 Å². The third-order valence-corrected chi connectivity index (χ3v) is 6.67. The van der Waals surface area contributed by atoms with E-state index in [-0.39, 0.29) is 24.0 Å². The van der Waals surface area contributed by atoms with E-state index in [0.29, 0.717) is 13.2 Å². The summed E-state index contributed by atoms with van der Waals surface area (Å²) in [4.78, 5) is 0. The van der Waals surface area contributed by atoms with E-state index in [1.165, 1.54) is 12.1 Å². The second kappa shape index (κ2) is 6.02. The number of rotatable bonds is 7. The molecule has 0 spiro atoms. The van der Waals surface area contributed by atoms with Gasteiger partial charge in [-0.2, -0.15) is 0 Å². The average molecular weight is 315 g/mol. The van der Waals surface area contributed by atoms with Crippen LogP contribution in [0.15, 0.2) is 24.3 Å². The largest absolute Gasteiger partial charge is 0.381 e. The molecule has 0 unspecified atom stereocenters. The van der Waals surface area contributed by atoms with Crippen LogP contribution in [0.4, 0.5) is 4.39 Å². The van der Waals surface area contributed by atoms with Gasteiger partial charge in [-0.25, -0.2) is 12.8 Å². The lowest BCUT2D eigenvalue weighted by molar-refractivity contribution is 0.101. The standard InChI is InChI=1S/C15H22FNO3S/c1-3-20-10-15(9-17)13(14(15)21(18,19)4-2)11-5-7-12(16)8-6-11/h5-8,13-14H,3-4,9-10,17H2,1-2H3/t13-,14-,15-/m0/s1. The van der Waals surface area contributed by atoms with E-state index in [1.807, 2.05) is 6.92 Å². The van der Waals surface area contributed by atoms with Crippen molar-refractivity contribution in [2.24, 2.45) is 11.1 Å². The summed E-state index contributed by atoms with van der Waals surface area (Å²) in [5, 5.41) is -0.544. The Morgan fingerprint density at radius 3 is 2.38 bits per heavy atom. The van der Waals surface area contributed by atoms with Gasteiger partial charge in [-0.05, 0) is 24.6 Å². The van der Waals surface area contributed by atoms with Gasteiger partial charge in [0.05, 0.1) is 11.9 Å². The molecule has 1 aliphatic carbocycles. The molecule has 1 aromatic rings. The molecule has 0 aliphatic heterocycles. The molecule has 0 bridgehead atoms. The second-order valence-corrected chi connectivity index (χ2v) is 7.89. The van der Waals surface area contributed by atoms with Crippen LogP contribution < -0.4 is 5.73 Å². The predicted octanol–water partition coefficient (Wildman–Crippen LogP) is 1.71. The summed E-state index contributed by atoms with van der Waals surface area (Å²) in [6.07, 6.45) is 0. The van der Waals surface area contributed by atoms with E-state index in [2.05, 4.69) is 0 Å². The van der Waals surface area contributed by atoms with Crippen molar-refractivity contribution in [1.82, 2.24) is 0 Å². The third kappa shape index (κ3) is 2.84. The molecule has 21 heavy (non-hydrogen) atoms. The maximum atomic E-state index is 13.1. The quantitative estimate of drug-likeness (QED) is 0.831. The van der Waals surface area contributed by atoms with Gasteiger partial charge < -0.3 is 10.5 Å². The molecule has 1 fully saturated rings. The van der Waals surface area contributed by atoms with Gasteiger partial charge in [0.2, 0.25) is 0 Å². The molecule has 3 atom stereocenters. The number of halogens is 1. The van der Waals surface area contributed by atoms with Crippen LogP contribution in [0.25, 0.3) is 0 Å². The zero-order valence-electron chi connectivity index (χ0n) is 12.4. The van der Waals surface area contributed by atoms with Gasteiger partial charge in [0.1, 0.15) is 5.82 Å². The molecule has 0 saturated heterocycles. The first-order valence-electron chi connectivity index (χ1n) is 7.17. The number of hydrogen-bond acceptors (Lipinski definition) is 4. The van der Waals surface area contributed by atoms with Crippen molar-refractivity contribution in [3.05, 3.63) is 35.6 Å². The molecule has 0 heterocycles. The Morgan fingerprint density at radius 2 is 1.90 bits per heavy atom. The molecular weight excluding hydrogens is 293 g/mol. The minimum atomic E-state index is -3.24. The lowest BCUT2D eigenvalue weighted by Gasteiger charge is -2.15. The third-order valence-electron chi connectivity index (χ3n) is 4.35. The second-order valence-electron chi connectivity index (χ2n) is 5.48. The highest BCUT2D eigenvalue weighted by atomic mass is 32.2. The van der Waals surface area contributed by atoms with E-state index in [1.54, 1.807) is 19.1 Å². The van der Waals surface area contributed by atoms with Crippen LogP contribution in [0.5, 0.6) is 0 Å². The Balaban J connectivity index is 2.38. The highest BCUT2D eigenvalue weighted by Crippen LogP contribution is 2.62. The highest BCUT2D eigenvalue weighted by molar-refractivity contribution is 7.92. The summed E-state index contributed by atoms with van der Waals surface area (Å²) < 4.78 is 43.3. The normalized spacial score (nSPS) is 28.6. The molecule has 2 rings (SSSR count). The summed E-state index contributed by atoms with van der Waals surface area (Å²) in [6.45, 7) is 4.56. The Labute approximate surface area is 125 Å². The van der Waals surface area contributed by atoms with Gasteiger partial charge in [0.25, 0.3) is 0 Å². The summed E-state index contributed by atoms with van der Waals surface area (Å²) in [5.74, 6) is -0.486. The number of hydrogen-bond donors (Lipinski definition) is 1. The molecule has 2 N–H and O–H groups in total. The number of nitrogens with two attached hydrogens (primary N) is 1. The van der Waals surface area contributed by atoms with Gasteiger partial charge in [0, 0.05) is 30.2 Å². The zero-order chi connectivity index (χ0) is 15.7. The molecule has 1 aliphatic rings. The molecule has 0 radical (unpaired) electrons. The molecule has 118 valence electrons. The molecule has 0 amide bonds. The van der Waals surface area contributed by atoms with Gasteiger partial charge >= 0.3 is 0 Å². The molecule has 0 aromatic heterocycles. The lowest BCUT2D eigenvalue weighted by Crippen LogP contribution is -2.29. The smallest absolute Gasteiger partial charge is 0.154 e. The molecule has 6 heteroatoms. The Bertz CT molecular complexity index is 587. The minimum absolute atomic E-state index is 0.0727. The van der Waals surface area contributed by atoms with Crippen molar-refractivity contribution < 1.29 is 17.5 Å². The highest BCUT2D eigenvalue weighted by Gasteiger charge is 2.69. The topological polar surface area (TPSA) is 69.4 Å². The van der Waals surface area contributed by atoms with E-state index in [0.717, 1.165) is 5.56 Å². The molecule has 4 nitrogen and oxygen atoms in total. The fourth-order valence-corrected chi connectivity index (χ4v) is 5.29. The average Bonchev–Trinajstić information content (AvgIpc) is 3.16. The first-order valence-corrected chi connectivity index (χ1v) is 8.89. The van der Waals surface area contributed by atoms with Crippen molar-refractivity contribution in [3.63, 3.8) is 0 Å². The maximum absolute atomic E-state index is 13.1. The van der Waals surface area contributed by atoms with E-state index < -0.39 is 20.5 Å². The number of benzene rings is 1. The lowest BCUT2D eigenvalue weighted by atomic mass is 10.00. The van der Waals surface area contributed by atoms with Gasteiger partial charge in [-0.1, -0.05) is 19.1 Å². The summed E-state index contributed by atoms with van der Waals surface area (Å²) in [5.41, 5.74) is 6.10. The van der Waals surface area contributed by atoms with Crippen molar-refractivity contribution >= 4 is 9.84 Å². The fraction of sp³-hybridized carbons (Fsp3) is 0.600. The zero-order valence-corrected chi connectivity index (χ0v) is 13.2. The van der Waals surface area contributed by atoms with E-state index >= 15 is 0 Å².